The molecule has 182 valence electrons. The third-order valence-electron chi connectivity index (χ3n) is 7.33. The smallest absolute Gasteiger partial charge is 0.432 e. The Labute approximate surface area is 187 Å². The molecule has 1 aromatic carbocycles. The molecule has 7 heteroatoms. The second kappa shape index (κ2) is 11.1. The molecule has 0 radical (unpaired) electrons. The van der Waals surface area contributed by atoms with Gasteiger partial charge in [-0.25, -0.2) is 0 Å². The zero-order valence-electron chi connectivity index (χ0n) is 18.8. The maximum absolute atomic E-state index is 14.7. The minimum atomic E-state index is -4.82. The largest absolute Gasteiger partial charge is 0.573 e. The maximum Gasteiger partial charge on any atom is 0.573 e. The van der Waals surface area contributed by atoms with E-state index in [0.717, 1.165) is 43.0 Å². The molecule has 1 aromatic rings. The molecule has 0 aromatic heterocycles. The van der Waals surface area contributed by atoms with Crippen LogP contribution in [0.2, 0.25) is 0 Å². The topological polar surface area (TPSA) is 18.5 Å². The van der Waals surface area contributed by atoms with E-state index < -0.39 is 24.1 Å². The van der Waals surface area contributed by atoms with Gasteiger partial charge in [-0.2, -0.15) is 8.78 Å². The normalized spacial score (nSPS) is 27.2. The number of halogens is 5. The summed E-state index contributed by atoms with van der Waals surface area (Å²) in [7, 11) is 0. The summed E-state index contributed by atoms with van der Waals surface area (Å²) in [4.78, 5) is 0. The van der Waals surface area contributed by atoms with E-state index in [9.17, 15) is 22.0 Å². The predicted octanol–water partition coefficient (Wildman–Crippen LogP) is 8.75. The highest BCUT2D eigenvalue weighted by atomic mass is 19.4. The van der Waals surface area contributed by atoms with Crippen molar-refractivity contribution in [3.63, 3.8) is 0 Å². The summed E-state index contributed by atoms with van der Waals surface area (Å²) in [5, 5.41) is 0. The average Bonchev–Trinajstić information content (AvgIpc) is 2.75. The van der Waals surface area contributed by atoms with Crippen LogP contribution in [0.1, 0.15) is 84.0 Å². The van der Waals surface area contributed by atoms with Crippen molar-refractivity contribution in [3.8, 4) is 11.5 Å². The summed E-state index contributed by atoms with van der Waals surface area (Å²) in [5.74, 6) is 0.545. The first-order valence-electron chi connectivity index (χ1n) is 12.1. The monoisotopic (exact) mass is 462 g/mol. The SMILES string of the molecule is CCCCC[C@H]1CC[C@H](C2CCC(C(F)(F)Oc3ccc(OC(F)(F)F)cc3)CC2)CC1. The Bertz CT molecular complexity index is 673. The van der Waals surface area contributed by atoms with Crippen LogP contribution in [0.3, 0.4) is 0 Å². The minimum absolute atomic E-state index is 0.159. The van der Waals surface area contributed by atoms with Gasteiger partial charge in [-0.1, -0.05) is 45.4 Å². The van der Waals surface area contributed by atoms with Crippen LogP contribution in [-0.2, 0) is 0 Å². The Kier molecular flexibility index (Phi) is 8.68. The number of rotatable bonds is 9. The number of alkyl halides is 5. The lowest BCUT2D eigenvalue weighted by atomic mass is 9.68. The van der Waals surface area contributed by atoms with Gasteiger partial charge >= 0.3 is 12.5 Å². The van der Waals surface area contributed by atoms with Gasteiger partial charge in [0.15, 0.2) is 0 Å². The number of hydrogen-bond acceptors (Lipinski definition) is 2. The van der Waals surface area contributed by atoms with Crippen molar-refractivity contribution in [3.05, 3.63) is 24.3 Å². The van der Waals surface area contributed by atoms with Gasteiger partial charge in [0, 0.05) is 0 Å². The fourth-order valence-electron chi connectivity index (χ4n) is 5.51. The highest BCUT2D eigenvalue weighted by molar-refractivity contribution is 5.31. The first-order chi connectivity index (χ1) is 15.2. The molecule has 3 rings (SSSR count). The van der Waals surface area contributed by atoms with E-state index in [2.05, 4.69) is 11.7 Å². The summed E-state index contributed by atoms with van der Waals surface area (Å²) in [6.45, 7) is 2.23. The van der Waals surface area contributed by atoms with Gasteiger partial charge in [0.25, 0.3) is 0 Å². The minimum Gasteiger partial charge on any atom is -0.432 e. The summed E-state index contributed by atoms with van der Waals surface area (Å²) in [5.41, 5.74) is 0. The van der Waals surface area contributed by atoms with Crippen LogP contribution < -0.4 is 9.47 Å². The zero-order valence-corrected chi connectivity index (χ0v) is 18.8. The van der Waals surface area contributed by atoms with Crippen LogP contribution >= 0.6 is 0 Å². The van der Waals surface area contributed by atoms with Crippen molar-refractivity contribution in [2.24, 2.45) is 23.7 Å². The molecule has 0 heterocycles. The van der Waals surface area contributed by atoms with Gasteiger partial charge in [-0.05, 0) is 80.5 Å². The zero-order chi connectivity index (χ0) is 23.2. The molecule has 0 amide bonds. The molecule has 0 spiro atoms. The molecule has 2 fully saturated rings. The Morgan fingerprint density at radius 1 is 0.719 bits per heavy atom. The van der Waals surface area contributed by atoms with Crippen molar-refractivity contribution in [1.82, 2.24) is 0 Å². The van der Waals surface area contributed by atoms with E-state index in [-0.39, 0.29) is 5.75 Å². The standard InChI is InChI=1S/C25H35F5O2/c1-2-3-4-5-18-6-8-19(9-7-18)20-10-12-21(13-11-20)24(26,27)31-22-14-16-23(17-15-22)32-25(28,29)30/h14-21H,2-13H2,1H3/t18-,19-,20?,21?. The van der Waals surface area contributed by atoms with E-state index in [4.69, 9.17) is 4.74 Å². The van der Waals surface area contributed by atoms with Crippen LogP contribution in [0.15, 0.2) is 24.3 Å². The van der Waals surface area contributed by atoms with E-state index >= 15 is 0 Å². The van der Waals surface area contributed by atoms with Crippen molar-refractivity contribution in [2.45, 2.75) is 96.4 Å². The fourth-order valence-corrected chi connectivity index (χ4v) is 5.51. The summed E-state index contributed by atoms with van der Waals surface area (Å²) >= 11 is 0. The van der Waals surface area contributed by atoms with Gasteiger partial charge in [-0.15, -0.1) is 13.2 Å². The predicted molar refractivity (Wildman–Crippen MR) is 114 cm³/mol. The molecule has 0 unspecified atom stereocenters. The average molecular weight is 463 g/mol. The fraction of sp³-hybridized carbons (Fsp3) is 0.760. The molecule has 0 saturated heterocycles. The Hall–Kier alpha value is -1.53. The lowest BCUT2D eigenvalue weighted by Crippen LogP contribution is -2.38. The molecule has 2 nitrogen and oxygen atoms in total. The maximum atomic E-state index is 14.7. The van der Waals surface area contributed by atoms with Crippen molar-refractivity contribution in [2.75, 3.05) is 0 Å². The van der Waals surface area contributed by atoms with Gasteiger partial charge in [0.2, 0.25) is 0 Å². The van der Waals surface area contributed by atoms with E-state index in [1.807, 2.05) is 0 Å². The number of benzene rings is 1. The van der Waals surface area contributed by atoms with Crippen LogP contribution in [-0.4, -0.2) is 12.5 Å². The molecule has 0 atom stereocenters. The molecule has 0 N–H and O–H groups in total. The molecular formula is C25H35F5O2. The van der Waals surface area contributed by atoms with Crippen LogP contribution in [0.5, 0.6) is 11.5 Å². The van der Waals surface area contributed by atoms with Gasteiger partial charge in [0.1, 0.15) is 11.5 Å². The van der Waals surface area contributed by atoms with Crippen molar-refractivity contribution in [1.29, 1.82) is 0 Å². The van der Waals surface area contributed by atoms with E-state index in [1.54, 1.807) is 0 Å². The Balaban J connectivity index is 1.43. The summed E-state index contributed by atoms with van der Waals surface area (Å²) in [6, 6.07) is 4.13. The molecule has 0 aliphatic heterocycles. The molecular weight excluding hydrogens is 427 g/mol. The first-order valence-corrected chi connectivity index (χ1v) is 12.1. The summed E-state index contributed by atoms with van der Waals surface area (Å²) in [6.07, 6.45) is 4.52. The quantitative estimate of drug-likeness (QED) is 0.270. The first kappa shape index (κ1) is 25.1. The molecule has 32 heavy (non-hydrogen) atoms. The Morgan fingerprint density at radius 2 is 1.22 bits per heavy atom. The second-order valence-electron chi connectivity index (χ2n) is 9.57. The van der Waals surface area contributed by atoms with Crippen LogP contribution in [0.4, 0.5) is 22.0 Å². The second-order valence-corrected chi connectivity index (χ2v) is 9.57. The third kappa shape index (κ3) is 7.51. The van der Waals surface area contributed by atoms with Crippen LogP contribution in [0.25, 0.3) is 0 Å². The molecule has 0 bridgehead atoms. The lowest BCUT2D eigenvalue weighted by molar-refractivity contribution is -0.274. The molecule has 2 aliphatic rings. The van der Waals surface area contributed by atoms with Crippen LogP contribution in [0, 0.1) is 23.7 Å². The van der Waals surface area contributed by atoms with Gasteiger partial charge in [-0.3, -0.25) is 0 Å². The highest BCUT2D eigenvalue weighted by Gasteiger charge is 2.45. The third-order valence-corrected chi connectivity index (χ3v) is 7.33. The number of ether oxygens (including phenoxy) is 2. The van der Waals surface area contributed by atoms with Crippen molar-refractivity contribution >= 4 is 0 Å². The van der Waals surface area contributed by atoms with E-state index in [1.165, 1.54) is 51.4 Å². The molecule has 2 aliphatic carbocycles. The van der Waals surface area contributed by atoms with Gasteiger partial charge in [0.05, 0.1) is 5.92 Å². The number of hydrogen-bond donors (Lipinski definition) is 0. The lowest BCUT2D eigenvalue weighted by Gasteiger charge is -2.39. The number of unbranched alkanes of at least 4 members (excludes halogenated alkanes) is 2. The Morgan fingerprint density at radius 3 is 1.72 bits per heavy atom. The van der Waals surface area contributed by atoms with Crippen molar-refractivity contribution < 1.29 is 31.4 Å². The molecule has 2 saturated carbocycles. The summed E-state index contributed by atoms with van der Waals surface area (Å²) < 4.78 is 74.8. The highest BCUT2D eigenvalue weighted by Crippen LogP contribution is 2.46. The van der Waals surface area contributed by atoms with E-state index in [0.29, 0.717) is 24.7 Å². The van der Waals surface area contributed by atoms with Gasteiger partial charge < -0.3 is 9.47 Å².